The molecule has 28 heavy (non-hydrogen) atoms. The molecule has 144 valence electrons. The molecule has 0 aromatic heterocycles. The number of nitrogens with one attached hydrogen (secondary N) is 1. The van der Waals surface area contributed by atoms with E-state index in [9.17, 15) is 10.1 Å². The van der Waals surface area contributed by atoms with Crippen LogP contribution in [0.4, 0.5) is 0 Å². The van der Waals surface area contributed by atoms with Crippen LogP contribution in [-0.4, -0.2) is 49.7 Å². The molecule has 2 fully saturated rings. The minimum atomic E-state index is -0.710. The number of nitrogens with zero attached hydrogens (tertiary/aromatic N) is 2. The minimum Gasteiger partial charge on any atom is -0.378 e. The fourth-order valence-corrected chi connectivity index (χ4v) is 4.31. The Kier molecular flexibility index (Phi) is 5.43. The van der Waals surface area contributed by atoms with Crippen molar-refractivity contribution in [3.63, 3.8) is 0 Å². The second kappa shape index (κ2) is 8.14. The van der Waals surface area contributed by atoms with E-state index in [0.29, 0.717) is 26.2 Å². The summed E-state index contributed by atoms with van der Waals surface area (Å²) >= 11 is 0. The smallest absolute Gasteiger partial charge is 0.227 e. The van der Waals surface area contributed by atoms with Gasteiger partial charge in [-0.25, -0.2) is 0 Å². The maximum Gasteiger partial charge on any atom is 0.227 e. The second-order valence-corrected chi connectivity index (χ2v) is 7.70. The zero-order valence-corrected chi connectivity index (χ0v) is 15.9. The number of carbonyl (C=O) groups is 1. The molecule has 2 heterocycles. The topological polar surface area (TPSA) is 65.4 Å². The molecular weight excluding hydrogens is 350 g/mol. The summed E-state index contributed by atoms with van der Waals surface area (Å²) < 4.78 is 5.62. The lowest BCUT2D eigenvalue weighted by Crippen LogP contribution is -2.43. The summed E-state index contributed by atoms with van der Waals surface area (Å²) in [7, 11) is 0. The molecule has 4 rings (SSSR count). The summed E-state index contributed by atoms with van der Waals surface area (Å²) in [4.78, 5) is 14.6. The molecule has 0 spiro atoms. The third-order valence-corrected chi connectivity index (χ3v) is 5.84. The highest BCUT2D eigenvalue weighted by molar-refractivity contribution is 5.80. The molecule has 2 aliphatic rings. The average Bonchev–Trinajstić information content (AvgIpc) is 2.99. The normalized spacial score (nSPS) is 22.8. The predicted octanol–water partition coefficient (Wildman–Crippen LogP) is 2.33. The number of amides is 1. The first-order valence-electron chi connectivity index (χ1n) is 9.84. The summed E-state index contributed by atoms with van der Waals surface area (Å²) in [6.07, 6.45) is 0.673. The third kappa shape index (κ3) is 3.66. The minimum absolute atomic E-state index is 0.0185. The van der Waals surface area contributed by atoms with Crippen molar-refractivity contribution in [1.82, 2.24) is 10.2 Å². The van der Waals surface area contributed by atoms with E-state index in [4.69, 9.17) is 4.74 Å². The Bertz CT molecular complexity index is 808. The summed E-state index contributed by atoms with van der Waals surface area (Å²) in [5, 5.41) is 13.4. The maximum absolute atomic E-state index is 12.3. The number of ether oxygens (including phenoxy) is 1. The van der Waals surface area contributed by atoms with E-state index in [0.717, 1.165) is 24.2 Å². The van der Waals surface area contributed by atoms with Crippen molar-refractivity contribution in [3.8, 4) is 6.07 Å². The molecule has 0 unspecified atom stereocenters. The van der Waals surface area contributed by atoms with Crippen LogP contribution in [0.3, 0.4) is 0 Å². The van der Waals surface area contributed by atoms with Gasteiger partial charge in [-0.2, -0.15) is 5.26 Å². The highest BCUT2D eigenvalue weighted by atomic mass is 16.5. The van der Waals surface area contributed by atoms with Crippen LogP contribution in [0.1, 0.15) is 17.5 Å². The van der Waals surface area contributed by atoms with Crippen LogP contribution in [0, 0.1) is 17.2 Å². The standard InChI is InChI=1S/C23H25N3O2/c24-17-23(19-7-3-1-4-8-19,20-9-5-2-6-10-20)11-12-26-13-18-15-28-16-21(14-26)25-22(18)27/h1-10,18,21H,11-16H2,(H,25,27)/t18-,21+/m1/s1. The Labute approximate surface area is 165 Å². The fourth-order valence-electron chi connectivity index (χ4n) is 4.31. The molecule has 1 amide bonds. The lowest BCUT2D eigenvalue weighted by atomic mass is 9.73. The first kappa shape index (κ1) is 18.7. The Morgan fingerprint density at radius 2 is 1.68 bits per heavy atom. The molecule has 2 bridgehead atoms. The maximum atomic E-state index is 12.3. The number of carbonyl (C=O) groups excluding carboxylic acids is 1. The van der Waals surface area contributed by atoms with Crippen molar-refractivity contribution in [3.05, 3.63) is 71.8 Å². The molecule has 0 aliphatic carbocycles. The number of hydrogen-bond acceptors (Lipinski definition) is 4. The van der Waals surface area contributed by atoms with Gasteiger partial charge >= 0.3 is 0 Å². The van der Waals surface area contributed by atoms with Crippen LogP contribution in [0.15, 0.2) is 60.7 Å². The van der Waals surface area contributed by atoms with Crippen molar-refractivity contribution < 1.29 is 9.53 Å². The third-order valence-electron chi connectivity index (χ3n) is 5.84. The van der Waals surface area contributed by atoms with E-state index in [1.165, 1.54) is 0 Å². The Morgan fingerprint density at radius 1 is 1.04 bits per heavy atom. The molecule has 2 atom stereocenters. The van der Waals surface area contributed by atoms with E-state index >= 15 is 0 Å². The SMILES string of the molecule is N#CC(CCN1C[C@H]2COC[C@@H](C1)C(=O)N2)(c1ccccc1)c1ccccc1. The van der Waals surface area contributed by atoms with Crippen molar-refractivity contribution in [1.29, 1.82) is 5.26 Å². The van der Waals surface area contributed by atoms with Gasteiger partial charge in [-0.1, -0.05) is 60.7 Å². The predicted molar refractivity (Wildman–Crippen MR) is 107 cm³/mol. The van der Waals surface area contributed by atoms with Crippen LogP contribution in [0.5, 0.6) is 0 Å². The largest absolute Gasteiger partial charge is 0.378 e. The number of hydrogen-bond donors (Lipinski definition) is 1. The summed E-state index contributed by atoms with van der Waals surface area (Å²) in [5.74, 6) is -0.0555. The number of fused-ring (bicyclic) bond motifs is 3. The Morgan fingerprint density at radius 3 is 2.29 bits per heavy atom. The van der Waals surface area contributed by atoms with Gasteiger partial charge in [0, 0.05) is 19.6 Å². The Balaban J connectivity index is 1.60. The number of nitriles is 1. The van der Waals surface area contributed by atoms with Crippen LogP contribution in [0.25, 0.3) is 0 Å². The van der Waals surface area contributed by atoms with E-state index in [1.54, 1.807) is 0 Å². The zero-order valence-electron chi connectivity index (χ0n) is 15.9. The number of rotatable bonds is 5. The van der Waals surface area contributed by atoms with Gasteiger partial charge in [-0.15, -0.1) is 0 Å². The number of benzene rings is 2. The van der Waals surface area contributed by atoms with Gasteiger partial charge in [0.25, 0.3) is 0 Å². The van der Waals surface area contributed by atoms with E-state index in [1.807, 2.05) is 60.7 Å². The van der Waals surface area contributed by atoms with Gasteiger partial charge in [0.1, 0.15) is 5.41 Å². The second-order valence-electron chi connectivity index (χ2n) is 7.70. The molecule has 0 radical (unpaired) electrons. The van der Waals surface area contributed by atoms with E-state index in [2.05, 4.69) is 16.3 Å². The molecule has 2 aromatic rings. The molecule has 2 saturated heterocycles. The van der Waals surface area contributed by atoms with Gasteiger partial charge in [-0.3, -0.25) is 4.79 Å². The lowest BCUT2D eigenvalue weighted by molar-refractivity contribution is -0.125. The Hall–Kier alpha value is -2.68. The first-order chi connectivity index (χ1) is 13.7. The highest BCUT2D eigenvalue weighted by Crippen LogP contribution is 2.35. The summed E-state index contributed by atoms with van der Waals surface area (Å²) in [6.45, 7) is 3.21. The van der Waals surface area contributed by atoms with Crippen molar-refractivity contribution in [2.45, 2.75) is 17.9 Å². The van der Waals surface area contributed by atoms with Gasteiger partial charge in [0.2, 0.25) is 5.91 Å². The van der Waals surface area contributed by atoms with Gasteiger partial charge < -0.3 is 15.0 Å². The summed E-state index contributed by atoms with van der Waals surface area (Å²) in [5.41, 5.74) is 1.31. The zero-order chi connectivity index (χ0) is 19.4. The molecule has 0 saturated carbocycles. The average molecular weight is 375 g/mol. The molecule has 1 N–H and O–H groups in total. The highest BCUT2D eigenvalue weighted by Gasteiger charge is 2.37. The van der Waals surface area contributed by atoms with Crippen molar-refractivity contribution in [2.24, 2.45) is 5.92 Å². The van der Waals surface area contributed by atoms with Gasteiger partial charge in [0.15, 0.2) is 0 Å². The van der Waals surface area contributed by atoms with E-state index < -0.39 is 5.41 Å². The van der Waals surface area contributed by atoms with Crippen molar-refractivity contribution >= 4 is 5.91 Å². The van der Waals surface area contributed by atoms with E-state index in [-0.39, 0.29) is 17.9 Å². The monoisotopic (exact) mass is 375 g/mol. The van der Waals surface area contributed by atoms with Crippen LogP contribution < -0.4 is 5.32 Å². The fraction of sp³-hybridized carbons (Fsp3) is 0.391. The molecule has 5 nitrogen and oxygen atoms in total. The van der Waals surface area contributed by atoms with Crippen molar-refractivity contribution in [2.75, 3.05) is 32.8 Å². The van der Waals surface area contributed by atoms with Crippen LogP contribution in [-0.2, 0) is 14.9 Å². The molecule has 5 heteroatoms. The van der Waals surface area contributed by atoms with Crippen LogP contribution in [0.2, 0.25) is 0 Å². The van der Waals surface area contributed by atoms with Gasteiger partial charge in [0.05, 0.1) is 31.2 Å². The summed E-state index contributed by atoms with van der Waals surface area (Å²) in [6, 6.07) is 22.7. The quantitative estimate of drug-likeness (QED) is 0.871. The molecule has 2 aromatic carbocycles. The van der Waals surface area contributed by atoms with Crippen LogP contribution >= 0.6 is 0 Å². The molecule has 2 aliphatic heterocycles. The van der Waals surface area contributed by atoms with Gasteiger partial charge in [-0.05, 0) is 17.5 Å². The molecular formula is C23H25N3O2. The lowest BCUT2D eigenvalue weighted by Gasteiger charge is -2.33. The first-order valence-corrected chi connectivity index (χ1v) is 9.84.